The van der Waals surface area contributed by atoms with Gasteiger partial charge in [0.25, 0.3) is 21.6 Å². The van der Waals surface area contributed by atoms with E-state index in [1.807, 2.05) is 4.83 Å². The van der Waals surface area contributed by atoms with E-state index in [0.29, 0.717) is 11.1 Å². The Morgan fingerprint density at radius 1 is 1.12 bits per heavy atom. The third-order valence-electron chi connectivity index (χ3n) is 5.03. The minimum absolute atomic E-state index is 0.00677. The molecule has 0 atom stereocenters. The number of hydrogen-bond donors (Lipinski definition) is 4. The molecule has 0 saturated heterocycles. The van der Waals surface area contributed by atoms with Crippen LogP contribution in [0.5, 0.6) is 0 Å². The number of anilines is 1. The predicted molar refractivity (Wildman–Crippen MR) is 139 cm³/mol. The zero-order valence-corrected chi connectivity index (χ0v) is 22.5. The molecule has 3 aromatic rings. The maximum atomic E-state index is 12.7. The van der Waals surface area contributed by atoms with Crippen LogP contribution in [0.15, 0.2) is 52.9 Å². The van der Waals surface area contributed by atoms with Crippen LogP contribution in [-0.2, 0) is 27.5 Å². The van der Waals surface area contributed by atoms with Gasteiger partial charge in [-0.05, 0) is 36.8 Å². The number of alkyl halides is 3. The van der Waals surface area contributed by atoms with E-state index in [2.05, 4.69) is 21.0 Å². The number of halogens is 4. The van der Waals surface area contributed by atoms with E-state index in [1.165, 1.54) is 36.4 Å². The zero-order chi connectivity index (χ0) is 29.5. The first-order chi connectivity index (χ1) is 18.8. The maximum absolute atomic E-state index is 12.7. The molecule has 3 rings (SSSR count). The number of nitrogens with one attached hydrogen (secondary N) is 4. The minimum Gasteiger partial charge on any atom is -0.369 e. The average Bonchev–Trinajstić information content (AvgIpc) is 3.39. The van der Waals surface area contributed by atoms with Crippen LogP contribution in [0, 0.1) is 10.1 Å². The van der Waals surface area contributed by atoms with E-state index >= 15 is 0 Å². The van der Waals surface area contributed by atoms with Crippen molar-refractivity contribution in [3.63, 3.8) is 0 Å². The molecule has 0 unspecified atom stereocenters. The Kier molecular flexibility index (Phi) is 10.0. The monoisotopic (exact) mass is 620 g/mol. The van der Waals surface area contributed by atoms with Crippen molar-refractivity contribution < 1.29 is 36.1 Å². The number of nitro groups is 1. The second kappa shape index (κ2) is 13.0. The lowest BCUT2D eigenvalue weighted by Crippen LogP contribution is -2.41. The van der Waals surface area contributed by atoms with Crippen molar-refractivity contribution in [3.8, 4) is 0 Å². The molecule has 12 nitrogen and oxygen atoms in total. The number of nitrogens with zero attached hydrogens (tertiary/aromatic N) is 2. The SMILES string of the molecule is O=C(CCCNc1ncc(C(F)(F)F)cc1Cl)NNS(=O)(=O)c1ccc(CNC(=O)c2ccc([N+](=O)[O-])cc2)s1. The van der Waals surface area contributed by atoms with Crippen LogP contribution in [-0.4, -0.2) is 36.7 Å². The van der Waals surface area contributed by atoms with Gasteiger partial charge in [-0.15, -0.1) is 16.2 Å². The van der Waals surface area contributed by atoms with Gasteiger partial charge in [0.2, 0.25) is 5.91 Å². The fourth-order valence-corrected chi connectivity index (χ4v) is 5.41. The number of non-ortho nitro benzene ring substituents is 1. The first kappa shape index (κ1) is 30.7. The molecule has 2 heterocycles. The highest BCUT2D eigenvalue weighted by Crippen LogP contribution is 2.32. The smallest absolute Gasteiger partial charge is 0.369 e. The molecule has 1 aromatic carbocycles. The molecule has 0 aliphatic heterocycles. The molecule has 0 aliphatic carbocycles. The Labute approximate surface area is 234 Å². The summed E-state index contributed by atoms with van der Waals surface area (Å²) < 4.78 is 62.8. The first-order valence-electron chi connectivity index (χ1n) is 11.1. The summed E-state index contributed by atoms with van der Waals surface area (Å²) in [5.41, 5.74) is 1.09. The number of hydrazine groups is 1. The summed E-state index contributed by atoms with van der Waals surface area (Å²) >= 11 is 6.65. The molecule has 0 aliphatic rings. The maximum Gasteiger partial charge on any atom is 0.417 e. The van der Waals surface area contributed by atoms with E-state index < -0.39 is 38.5 Å². The molecular weight excluding hydrogens is 601 g/mol. The van der Waals surface area contributed by atoms with Crippen LogP contribution in [0.2, 0.25) is 5.02 Å². The summed E-state index contributed by atoms with van der Waals surface area (Å²) in [5, 5.41) is 15.7. The second-order valence-corrected chi connectivity index (χ2v) is 11.4. The number of aromatic nitrogens is 1. The molecule has 0 bridgehead atoms. The van der Waals surface area contributed by atoms with Gasteiger partial charge in [-0.1, -0.05) is 11.6 Å². The summed E-state index contributed by atoms with van der Waals surface area (Å²) in [6, 6.07) is 8.45. The fourth-order valence-electron chi connectivity index (χ4n) is 3.02. The van der Waals surface area contributed by atoms with Gasteiger partial charge >= 0.3 is 6.18 Å². The highest BCUT2D eigenvalue weighted by molar-refractivity contribution is 7.91. The summed E-state index contributed by atoms with van der Waals surface area (Å²) in [5.74, 6) is -1.17. The number of amides is 2. The number of nitro benzene ring substituents is 1. The molecule has 214 valence electrons. The standard InChI is InChI=1S/C22H20ClF3N6O6S2/c23-17-10-14(22(24,25)26)11-28-20(17)27-9-1-2-18(33)30-31-40(37,38)19-8-7-16(39-19)12-29-21(34)13-3-5-15(6-4-13)32(35)36/h3-8,10-11,31H,1-2,9,12H2,(H,27,28)(H,29,34)(H,30,33). The van der Waals surface area contributed by atoms with Crippen molar-refractivity contribution in [2.24, 2.45) is 0 Å². The third-order valence-corrected chi connectivity index (χ3v) is 8.14. The molecule has 2 aromatic heterocycles. The molecule has 18 heteroatoms. The van der Waals surface area contributed by atoms with Crippen molar-refractivity contribution in [2.75, 3.05) is 11.9 Å². The lowest BCUT2D eigenvalue weighted by molar-refractivity contribution is -0.384. The summed E-state index contributed by atoms with van der Waals surface area (Å²) in [4.78, 5) is 40.4. The zero-order valence-electron chi connectivity index (χ0n) is 20.1. The number of carbonyl (C=O) groups excluding carboxylic acids is 2. The van der Waals surface area contributed by atoms with Crippen LogP contribution in [0.1, 0.15) is 33.6 Å². The molecule has 0 spiro atoms. The van der Waals surface area contributed by atoms with Gasteiger partial charge in [0.15, 0.2) is 0 Å². The van der Waals surface area contributed by atoms with E-state index in [0.717, 1.165) is 17.4 Å². The topological polar surface area (TPSA) is 172 Å². The molecule has 0 saturated carbocycles. The number of rotatable bonds is 12. The number of thiophene rings is 1. The number of hydrogen-bond acceptors (Lipinski definition) is 9. The normalized spacial score (nSPS) is 11.6. The van der Waals surface area contributed by atoms with Gasteiger partial charge in [-0.25, -0.2) is 13.4 Å². The lowest BCUT2D eigenvalue weighted by Gasteiger charge is -2.11. The quantitative estimate of drug-likeness (QED) is 0.134. The fraction of sp³-hybridized carbons (Fsp3) is 0.227. The van der Waals surface area contributed by atoms with Crippen LogP contribution >= 0.6 is 22.9 Å². The van der Waals surface area contributed by atoms with Crippen molar-refractivity contribution in [2.45, 2.75) is 29.8 Å². The van der Waals surface area contributed by atoms with E-state index in [9.17, 15) is 41.3 Å². The van der Waals surface area contributed by atoms with Gasteiger partial charge in [-0.2, -0.15) is 13.2 Å². The van der Waals surface area contributed by atoms with Gasteiger partial charge in [0.05, 0.1) is 22.1 Å². The number of carbonyl (C=O) groups is 2. The van der Waals surface area contributed by atoms with Gasteiger partial charge in [0.1, 0.15) is 10.0 Å². The van der Waals surface area contributed by atoms with E-state index in [-0.39, 0.29) is 52.2 Å². The summed E-state index contributed by atoms with van der Waals surface area (Å²) in [6.45, 7) is 0.116. The first-order valence-corrected chi connectivity index (χ1v) is 13.8. The molecule has 40 heavy (non-hydrogen) atoms. The Balaban J connectivity index is 1.41. The Morgan fingerprint density at radius 3 is 2.45 bits per heavy atom. The number of sulfonamides is 1. The van der Waals surface area contributed by atoms with Gasteiger partial charge in [-0.3, -0.25) is 25.1 Å². The molecule has 2 amide bonds. The minimum atomic E-state index is -4.58. The molecule has 0 fully saturated rings. The van der Waals surface area contributed by atoms with E-state index in [1.54, 1.807) is 0 Å². The van der Waals surface area contributed by atoms with Crippen LogP contribution in [0.25, 0.3) is 0 Å². The van der Waals surface area contributed by atoms with E-state index in [4.69, 9.17) is 11.6 Å². The van der Waals surface area contributed by atoms with Crippen LogP contribution in [0.3, 0.4) is 0 Å². The number of benzene rings is 1. The molecule has 0 radical (unpaired) electrons. The van der Waals surface area contributed by atoms with Crippen molar-refractivity contribution in [1.82, 2.24) is 20.6 Å². The van der Waals surface area contributed by atoms with Gasteiger partial charge < -0.3 is 10.6 Å². The highest BCUT2D eigenvalue weighted by atomic mass is 35.5. The van der Waals surface area contributed by atoms with Crippen molar-refractivity contribution >= 4 is 56.3 Å². The van der Waals surface area contributed by atoms with Gasteiger partial charge in [0, 0.05) is 41.7 Å². The second-order valence-electron chi connectivity index (χ2n) is 7.94. The highest BCUT2D eigenvalue weighted by Gasteiger charge is 2.31. The third kappa shape index (κ3) is 8.60. The largest absolute Gasteiger partial charge is 0.417 e. The Hall–Kier alpha value is -3.80. The molecular formula is C22H20ClF3N6O6S2. The van der Waals surface area contributed by atoms with Crippen molar-refractivity contribution in [3.05, 3.63) is 79.8 Å². The van der Waals surface area contributed by atoms with Crippen LogP contribution < -0.4 is 20.9 Å². The Morgan fingerprint density at radius 2 is 1.82 bits per heavy atom. The van der Waals surface area contributed by atoms with Crippen LogP contribution in [0.4, 0.5) is 24.7 Å². The average molecular weight is 621 g/mol. The summed E-state index contributed by atoms with van der Waals surface area (Å²) in [7, 11) is -4.11. The summed E-state index contributed by atoms with van der Waals surface area (Å²) in [6.07, 6.45) is -3.90. The lowest BCUT2D eigenvalue weighted by atomic mass is 10.2. The predicted octanol–water partition coefficient (Wildman–Crippen LogP) is 3.86. The Bertz CT molecular complexity index is 1500. The molecule has 4 N–H and O–H groups in total. The van der Waals surface area contributed by atoms with Crippen molar-refractivity contribution in [1.29, 1.82) is 0 Å². The number of pyridine rings is 1.